The molecule has 8 heteroatoms. The first kappa shape index (κ1) is 23.2. The Labute approximate surface area is 202 Å². The van der Waals surface area contributed by atoms with E-state index in [1.807, 2.05) is 24.3 Å². The molecule has 1 aliphatic rings. The van der Waals surface area contributed by atoms with Gasteiger partial charge in [-0.1, -0.05) is 47.1 Å². The molecule has 0 unspecified atom stereocenters. The van der Waals surface area contributed by atoms with Crippen molar-refractivity contribution >= 4 is 46.5 Å². The van der Waals surface area contributed by atoms with Crippen molar-refractivity contribution < 1.29 is 19.2 Å². The Morgan fingerprint density at radius 3 is 2.41 bits per heavy atom. The lowest BCUT2D eigenvalue weighted by Gasteiger charge is -2.23. The van der Waals surface area contributed by atoms with E-state index in [4.69, 9.17) is 16.4 Å². The molecule has 1 aliphatic heterocycles. The van der Waals surface area contributed by atoms with Crippen LogP contribution in [0, 0.1) is 0 Å². The molecule has 0 aliphatic carbocycles. The van der Waals surface area contributed by atoms with E-state index in [0.29, 0.717) is 52.6 Å². The third-order valence-electron chi connectivity index (χ3n) is 5.34. The molecule has 0 aromatic heterocycles. The highest BCUT2D eigenvalue weighted by molar-refractivity contribution is 6.34. The van der Waals surface area contributed by atoms with Gasteiger partial charge in [0.05, 0.1) is 22.0 Å². The van der Waals surface area contributed by atoms with Gasteiger partial charge >= 0.3 is 5.97 Å². The van der Waals surface area contributed by atoms with Crippen molar-refractivity contribution in [3.8, 4) is 0 Å². The summed E-state index contributed by atoms with van der Waals surface area (Å²) in [6, 6.07) is 20.9. The minimum absolute atomic E-state index is 0.176. The molecule has 0 fully saturated rings. The molecule has 0 radical (unpaired) electrons. The van der Waals surface area contributed by atoms with Gasteiger partial charge in [0, 0.05) is 30.3 Å². The monoisotopic (exact) mass is 475 g/mol. The third-order valence-corrected chi connectivity index (χ3v) is 5.67. The van der Waals surface area contributed by atoms with Crippen LogP contribution < -0.4 is 10.2 Å². The zero-order valence-corrected chi connectivity index (χ0v) is 19.2. The number of carbonyl (C=O) groups excluding carboxylic acids is 3. The summed E-state index contributed by atoms with van der Waals surface area (Å²) in [5.41, 5.74) is 3.47. The van der Waals surface area contributed by atoms with E-state index in [-0.39, 0.29) is 11.8 Å². The second-order valence-corrected chi connectivity index (χ2v) is 8.12. The van der Waals surface area contributed by atoms with Crippen molar-refractivity contribution in [2.24, 2.45) is 5.16 Å². The highest BCUT2D eigenvalue weighted by atomic mass is 35.5. The second kappa shape index (κ2) is 10.3. The molecule has 4 rings (SSSR count). The Hall–Kier alpha value is -3.97. The lowest BCUT2D eigenvalue weighted by atomic mass is 10.1. The Morgan fingerprint density at radius 2 is 1.68 bits per heavy atom. The summed E-state index contributed by atoms with van der Waals surface area (Å²) in [7, 11) is 0. The summed E-state index contributed by atoms with van der Waals surface area (Å²) in [4.78, 5) is 43.6. The van der Waals surface area contributed by atoms with Gasteiger partial charge in [0.25, 0.3) is 11.8 Å². The van der Waals surface area contributed by atoms with Crippen LogP contribution in [0.4, 0.5) is 11.4 Å². The molecule has 0 saturated heterocycles. The average molecular weight is 476 g/mol. The van der Waals surface area contributed by atoms with E-state index < -0.39 is 5.97 Å². The molecule has 172 valence electrons. The van der Waals surface area contributed by atoms with Crippen molar-refractivity contribution in [3.63, 3.8) is 0 Å². The number of hydrogen-bond donors (Lipinski definition) is 1. The maximum atomic E-state index is 13.4. The summed E-state index contributed by atoms with van der Waals surface area (Å²) in [5, 5.41) is 7.16. The number of hydrogen-bond acceptors (Lipinski definition) is 5. The maximum absolute atomic E-state index is 13.4. The van der Waals surface area contributed by atoms with E-state index >= 15 is 0 Å². The Morgan fingerprint density at radius 1 is 0.971 bits per heavy atom. The lowest BCUT2D eigenvalue weighted by molar-refractivity contribution is -0.140. The van der Waals surface area contributed by atoms with Gasteiger partial charge < -0.3 is 15.1 Å². The standard InChI is InChI=1S/C26H22ClN3O4/c1-17(31)34-29-23-10-6-16-30(24-11-5-3-8-21(23)24)26(33)18-12-14-19(15-13-18)28-25(32)20-7-2-4-9-22(20)27/h2-5,7-9,11-15H,6,10,16H2,1H3,(H,28,32)/b29-23-. The quantitative estimate of drug-likeness (QED) is 0.409. The normalized spacial score (nSPS) is 14.2. The van der Waals surface area contributed by atoms with Gasteiger partial charge in [0.15, 0.2) is 0 Å². The molecule has 0 bridgehead atoms. The number of nitrogens with zero attached hydrogens (tertiary/aromatic N) is 2. The number of amides is 2. The van der Waals surface area contributed by atoms with Crippen LogP contribution in [-0.4, -0.2) is 30.0 Å². The van der Waals surface area contributed by atoms with Crippen LogP contribution >= 0.6 is 11.6 Å². The zero-order valence-electron chi connectivity index (χ0n) is 18.5. The molecule has 7 nitrogen and oxygen atoms in total. The molecule has 2 amide bonds. The minimum atomic E-state index is -0.496. The molecule has 0 spiro atoms. The van der Waals surface area contributed by atoms with Gasteiger partial charge in [-0.25, -0.2) is 4.79 Å². The number of anilines is 2. The highest BCUT2D eigenvalue weighted by Crippen LogP contribution is 2.28. The SMILES string of the molecule is CC(=O)O/N=C1/CCCN(C(=O)c2ccc(NC(=O)c3ccccc3Cl)cc2)c2ccccc21. The van der Waals surface area contributed by atoms with Crippen LogP contribution in [0.25, 0.3) is 0 Å². The molecule has 3 aromatic rings. The topological polar surface area (TPSA) is 88.1 Å². The number of oxime groups is 1. The number of fused-ring (bicyclic) bond motifs is 1. The van der Waals surface area contributed by atoms with Crippen LogP contribution in [-0.2, 0) is 9.63 Å². The number of halogens is 1. The van der Waals surface area contributed by atoms with Gasteiger partial charge in [-0.05, 0) is 55.3 Å². The fourth-order valence-corrected chi connectivity index (χ4v) is 3.96. The van der Waals surface area contributed by atoms with E-state index in [9.17, 15) is 14.4 Å². The van der Waals surface area contributed by atoms with Crippen molar-refractivity contribution in [2.75, 3.05) is 16.8 Å². The average Bonchev–Trinajstić information content (AvgIpc) is 3.02. The number of rotatable bonds is 4. The van der Waals surface area contributed by atoms with Crippen molar-refractivity contribution in [3.05, 3.63) is 94.5 Å². The number of benzene rings is 3. The summed E-state index contributed by atoms with van der Waals surface area (Å²) >= 11 is 6.09. The van der Waals surface area contributed by atoms with Gasteiger partial charge in [-0.2, -0.15) is 0 Å². The van der Waals surface area contributed by atoms with Crippen LogP contribution in [0.1, 0.15) is 46.0 Å². The fourth-order valence-electron chi connectivity index (χ4n) is 3.73. The number of para-hydroxylation sites is 1. The smallest absolute Gasteiger partial charge is 0.322 e. The van der Waals surface area contributed by atoms with E-state index in [0.717, 1.165) is 5.56 Å². The predicted octanol–water partition coefficient (Wildman–Crippen LogP) is 5.30. The lowest BCUT2D eigenvalue weighted by Crippen LogP contribution is -2.31. The molecule has 34 heavy (non-hydrogen) atoms. The van der Waals surface area contributed by atoms with Gasteiger partial charge in [0.2, 0.25) is 0 Å². The summed E-state index contributed by atoms with van der Waals surface area (Å²) in [6.45, 7) is 1.78. The summed E-state index contributed by atoms with van der Waals surface area (Å²) in [5.74, 6) is -1.00. The Kier molecular flexibility index (Phi) is 7.04. The van der Waals surface area contributed by atoms with Crippen molar-refractivity contribution in [1.82, 2.24) is 0 Å². The predicted molar refractivity (Wildman–Crippen MR) is 132 cm³/mol. The van der Waals surface area contributed by atoms with Crippen LogP contribution in [0.3, 0.4) is 0 Å². The first-order valence-electron chi connectivity index (χ1n) is 10.8. The van der Waals surface area contributed by atoms with Crippen LogP contribution in [0.2, 0.25) is 5.02 Å². The number of nitrogens with one attached hydrogen (secondary N) is 1. The first-order valence-corrected chi connectivity index (χ1v) is 11.1. The summed E-state index contributed by atoms with van der Waals surface area (Å²) in [6.07, 6.45) is 1.23. The molecular weight excluding hydrogens is 454 g/mol. The van der Waals surface area contributed by atoms with E-state index in [2.05, 4.69) is 10.5 Å². The molecule has 1 N–H and O–H groups in total. The van der Waals surface area contributed by atoms with Crippen molar-refractivity contribution in [2.45, 2.75) is 19.8 Å². The van der Waals surface area contributed by atoms with Crippen LogP contribution in [0.15, 0.2) is 78.0 Å². The molecular formula is C26H22ClN3O4. The minimum Gasteiger partial charge on any atom is -0.322 e. The fraction of sp³-hybridized carbons (Fsp3) is 0.154. The molecule has 0 atom stereocenters. The molecule has 0 saturated carbocycles. The van der Waals surface area contributed by atoms with Gasteiger partial charge in [-0.3, -0.25) is 9.59 Å². The van der Waals surface area contributed by atoms with Crippen LogP contribution in [0.5, 0.6) is 0 Å². The molecule has 1 heterocycles. The number of carbonyl (C=O) groups is 3. The maximum Gasteiger partial charge on any atom is 0.331 e. The Balaban J connectivity index is 1.54. The van der Waals surface area contributed by atoms with Gasteiger partial charge in [-0.15, -0.1) is 0 Å². The van der Waals surface area contributed by atoms with Gasteiger partial charge in [0.1, 0.15) is 0 Å². The molecule has 3 aromatic carbocycles. The zero-order chi connectivity index (χ0) is 24.1. The first-order chi connectivity index (χ1) is 16.4. The third kappa shape index (κ3) is 5.15. The Bertz CT molecular complexity index is 1270. The van der Waals surface area contributed by atoms with E-state index in [1.165, 1.54) is 6.92 Å². The van der Waals surface area contributed by atoms with Crippen molar-refractivity contribution in [1.29, 1.82) is 0 Å². The second-order valence-electron chi connectivity index (χ2n) is 7.71. The highest BCUT2D eigenvalue weighted by Gasteiger charge is 2.25. The largest absolute Gasteiger partial charge is 0.331 e. The van der Waals surface area contributed by atoms with E-state index in [1.54, 1.807) is 53.4 Å². The summed E-state index contributed by atoms with van der Waals surface area (Å²) < 4.78 is 0.